The summed E-state index contributed by atoms with van der Waals surface area (Å²) in [6, 6.07) is 9.00. The molecule has 9 nitrogen and oxygen atoms in total. The highest BCUT2D eigenvalue weighted by atomic mass is 16.5. The van der Waals surface area contributed by atoms with E-state index in [1.54, 1.807) is 24.3 Å². The number of nitrogens with zero attached hydrogens (tertiary/aromatic N) is 5. The van der Waals surface area contributed by atoms with Crippen molar-refractivity contribution in [3.8, 4) is 11.8 Å². The number of nitrogens with one attached hydrogen (secondary N) is 1. The van der Waals surface area contributed by atoms with Gasteiger partial charge in [-0.15, -0.1) is 5.10 Å². The molecule has 1 aromatic carbocycles. The van der Waals surface area contributed by atoms with E-state index in [4.69, 9.17) is 15.7 Å². The van der Waals surface area contributed by atoms with E-state index in [1.165, 1.54) is 6.42 Å². The second-order valence-corrected chi connectivity index (χ2v) is 7.71. The second-order valence-electron chi connectivity index (χ2n) is 7.71. The van der Waals surface area contributed by atoms with Crippen molar-refractivity contribution in [3.63, 3.8) is 0 Å². The fourth-order valence-electron chi connectivity index (χ4n) is 4.29. The normalized spacial score (nSPS) is 23.2. The van der Waals surface area contributed by atoms with Gasteiger partial charge in [0.05, 0.1) is 11.6 Å². The van der Waals surface area contributed by atoms with Crippen molar-refractivity contribution in [2.75, 3.05) is 50.0 Å². The number of aliphatic hydroxyl groups is 1. The Kier molecular flexibility index (Phi) is 5.32. The molecule has 3 unspecified atom stereocenters. The highest BCUT2D eigenvalue weighted by Gasteiger charge is 2.35. The summed E-state index contributed by atoms with van der Waals surface area (Å²) >= 11 is 0. The summed E-state index contributed by atoms with van der Waals surface area (Å²) in [6.45, 7) is 4.56. The van der Waals surface area contributed by atoms with Gasteiger partial charge in [-0.25, -0.2) is 5.10 Å². The molecule has 2 aliphatic rings. The van der Waals surface area contributed by atoms with Crippen LogP contribution < -0.4 is 15.4 Å². The molecular formula is C19H25N7O2. The number of H-pyrrole nitrogens is 1. The lowest BCUT2D eigenvalue weighted by Gasteiger charge is -2.46. The first kappa shape index (κ1) is 18.5. The van der Waals surface area contributed by atoms with Crippen molar-refractivity contribution >= 4 is 11.9 Å². The molecule has 3 atom stereocenters. The summed E-state index contributed by atoms with van der Waals surface area (Å²) in [5.41, 5.74) is 6.21. The first-order chi connectivity index (χ1) is 13.6. The molecule has 3 heterocycles. The van der Waals surface area contributed by atoms with Gasteiger partial charge in [0.15, 0.2) is 0 Å². The number of rotatable bonds is 6. The average molecular weight is 383 g/mol. The van der Waals surface area contributed by atoms with Crippen LogP contribution in [0.3, 0.4) is 0 Å². The summed E-state index contributed by atoms with van der Waals surface area (Å²) < 4.78 is 5.65. The highest BCUT2D eigenvalue weighted by Crippen LogP contribution is 2.30. The maximum Gasteiger partial charge on any atom is 0.241 e. The lowest BCUT2D eigenvalue weighted by molar-refractivity contribution is 0.0334. The zero-order chi connectivity index (χ0) is 19.5. The fourth-order valence-corrected chi connectivity index (χ4v) is 4.29. The Balaban J connectivity index is 1.25. The third kappa shape index (κ3) is 4.35. The number of piperidine rings is 2. The first-order valence-corrected chi connectivity index (χ1v) is 9.55. The van der Waals surface area contributed by atoms with Gasteiger partial charge >= 0.3 is 0 Å². The maximum atomic E-state index is 10.4. The number of likely N-dealkylation sites (tertiary alicyclic amines) is 1. The zero-order valence-electron chi connectivity index (χ0n) is 15.7. The summed E-state index contributed by atoms with van der Waals surface area (Å²) in [5, 5.41) is 26.0. The zero-order valence-corrected chi connectivity index (χ0v) is 15.7. The number of aliphatic hydroxyl groups excluding tert-OH is 1. The monoisotopic (exact) mass is 383 g/mol. The lowest BCUT2D eigenvalue weighted by atomic mass is 9.84. The first-order valence-electron chi connectivity index (χ1n) is 9.55. The topological polar surface area (TPSA) is 127 Å². The molecule has 0 amide bonds. The van der Waals surface area contributed by atoms with Gasteiger partial charge in [-0.1, -0.05) is 0 Å². The predicted octanol–water partition coefficient (Wildman–Crippen LogP) is 0.457. The molecule has 2 saturated heterocycles. The smallest absolute Gasteiger partial charge is 0.241 e. The minimum absolute atomic E-state index is 0.237. The van der Waals surface area contributed by atoms with Gasteiger partial charge in [-0.2, -0.15) is 10.2 Å². The highest BCUT2D eigenvalue weighted by molar-refractivity contribution is 5.35. The van der Waals surface area contributed by atoms with Crippen LogP contribution in [0.4, 0.5) is 11.9 Å². The number of nitriles is 1. The predicted molar refractivity (Wildman–Crippen MR) is 104 cm³/mol. The third-order valence-electron chi connectivity index (χ3n) is 5.34. The van der Waals surface area contributed by atoms with Crippen LogP contribution in [0.25, 0.3) is 0 Å². The standard InChI is InChI=1S/C19H25N7O2/c20-6-13-1-3-17(4-2-13)28-12-16(27)11-25-7-14-5-15(8-25)10-26(9-14)19-22-18(21)23-24-19/h1-4,14-16,27H,5,7-12H2,(H3,21,22,23,24). The molecule has 28 heavy (non-hydrogen) atoms. The second kappa shape index (κ2) is 8.04. The van der Waals surface area contributed by atoms with Crippen LogP contribution in [-0.2, 0) is 0 Å². The number of aromatic amines is 1. The lowest BCUT2D eigenvalue weighted by Crippen LogP contribution is -2.54. The van der Waals surface area contributed by atoms with E-state index in [0.29, 0.717) is 29.7 Å². The maximum absolute atomic E-state index is 10.4. The van der Waals surface area contributed by atoms with E-state index >= 15 is 0 Å². The number of ether oxygens (including phenoxy) is 1. The van der Waals surface area contributed by atoms with Crippen LogP contribution >= 0.6 is 0 Å². The van der Waals surface area contributed by atoms with E-state index in [2.05, 4.69) is 31.1 Å². The minimum atomic E-state index is -0.556. The average Bonchev–Trinajstić information content (AvgIpc) is 3.12. The SMILES string of the molecule is N#Cc1ccc(OCC(O)CN2CC3CC(C2)CN(c2nc(N)n[nH]2)C3)cc1. The van der Waals surface area contributed by atoms with Crippen LogP contribution in [0.2, 0.25) is 0 Å². The van der Waals surface area contributed by atoms with Gasteiger partial charge < -0.3 is 20.5 Å². The number of anilines is 2. The van der Waals surface area contributed by atoms with Crippen LogP contribution in [0, 0.1) is 23.2 Å². The molecule has 2 bridgehead atoms. The van der Waals surface area contributed by atoms with Gasteiger partial charge in [0.25, 0.3) is 0 Å². The van der Waals surface area contributed by atoms with Gasteiger partial charge in [0.2, 0.25) is 11.9 Å². The number of hydrogen-bond acceptors (Lipinski definition) is 8. The van der Waals surface area contributed by atoms with Crippen molar-refractivity contribution in [2.45, 2.75) is 12.5 Å². The summed E-state index contributed by atoms with van der Waals surface area (Å²) in [7, 11) is 0. The molecule has 1 aromatic heterocycles. The molecule has 2 aromatic rings. The molecule has 4 rings (SSSR count). The van der Waals surface area contributed by atoms with Crippen molar-refractivity contribution < 1.29 is 9.84 Å². The molecule has 9 heteroatoms. The quantitative estimate of drug-likeness (QED) is 0.656. The molecule has 0 radical (unpaired) electrons. The molecule has 148 valence electrons. The van der Waals surface area contributed by atoms with Crippen molar-refractivity contribution in [1.82, 2.24) is 20.1 Å². The number of benzene rings is 1. The molecule has 0 spiro atoms. The Morgan fingerprint density at radius 3 is 2.57 bits per heavy atom. The van der Waals surface area contributed by atoms with E-state index in [9.17, 15) is 5.11 Å². The Bertz CT molecular complexity index is 818. The van der Waals surface area contributed by atoms with Crippen LogP contribution in [0.5, 0.6) is 5.75 Å². The molecule has 4 N–H and O–H groups in total. The summed E-state index contributed by atoms with van der Waals surface area (Å²) in [4.78, 5) is 8.80. The van der Waals surface area contributed by atoms with Gasteiger partial charge in [-0.05, 0) is 42.5 Å². The fraction of sp³-hybridized carbons (Fsp3) is 0.526. The molecule has 2 aliphatic heterocycles. The third-order valence-corrected chi connectivity index (χ3v) is 5.34. The number of nitrogen functional groups attached to an aromatic ring is 1. The number of hydrogen-bond donors (Lipinski definition) is 3. The van der Waals surface area contributed by atoms with E-state index < -0.39 is 6.10 Å². The number of fused-ring (bicyclic) bond motifs is 2. The summed E-state index contributed by atoms with van der Waals surface area (Å²) in [6.07, 6.45) is 0.647. The van der Waals surface area contributed by atoms with E-state index in [1.807, 2.05) is 0 Å². The van der Waals surface area contributed by atoms with E-state index in [0.717, 1.165) is 32.1 Å². The molecular weight excluding hydrogens is 358 g/mol. The minimum Gasteiger partial charge on any atom is -0.491 e. The van der Waals surface area contributed by atoms with Crippen molar-refractivity contribution in [2.24, 2.45) is 11.8 Å². The molecule has 0 saturated carbocycles. The van der Waals surface area contributed by atoms with Crippen molar-refractivity contribution in [3.05, 3.63) is 29.8 Å². The van der Waals surface area contributed by atoms with Crippen molar-refractivity contribution in [1.29, 1.82) is 5.26 Å². The molecule has 2 fully saturated rings. The van der Waals surface area contributed by atoms with Crippen LogP contribution in [-0.4, -0.2) is 70.6 Å². The Hall–Kier alpha value is -2.83. The number of nitrogens with two attached hydrogens (primary N) is 1. The Labute approximate surface area is 163 Å². The Morgan fingerprint density at radius 1 is 1.25 bits per heavy atom. The van der Waals surface area contributed by atoms with Gasteiger partial charge in [0.1, 0.15) is 18.5 Å². The number of aromatic nitrogens is 3. The summed E-state index contributed by atoms with van der Waals surface area (Å²) in [5.74, 6) is 2.75. The number of β-amino-alcohol motifs (C(OH)–C–C–N with tert-alkyl or cyclic N) is 1. The largest absolute Gasteiger partial charge is 0.491 e. The van der Waals surface area contributed by atoms with Crippen LogP contribution in [0.1, 0.15) is 12.0 Å². The molecule has 0 aliphatic carbocycles. The van der Waals surface area contributed by atoms with Gasteiger partial charge in [-0.3, -0.25) is 4.90 Å². The van der Waals surface area contributed by atoms with E-state index in [-0.39, 0.29) is 12.6 Å². The van der Waals surface area contributed by atoms with Gasteiger partial charge in [0, 0.05) is 32.7 Å². The van der Waals surface area contributed by atoms with Crippen LogP contribution in [0.15, 0.2) is 24.3 Å². The Morgan fingerprint density at radius 2 is 1.96 bits per heavy atom.